The van der Waals surface area contributed by atoms with E-state index in [1.807, 2.05) is 0 Å². The maximum absolute atomic E-state index is 6.03. The highest BCUT2D eigenvalue weighted by Gasteiger charge is 2.16. The van der Waals surface area contributed by atoms with Gasteiger partial charge in [0.15, 0.2) is 0 Å². The molecule has 0 saturated heterocycles. The van der Waals surface area contributed by atoms with Gasteiger partial charge in [-0.3, -0.25) is 0 Å². The third-order valence-corrected chi connectivity index (χ3v) is 3.84. The highest BCUT2D eigenvalue weighted by molar-refractivity contribution is 7.98. The van der Waals surface area contributed by atoms with Crippen LogP contribution in [0.5, 0.6) is 0 Å². The first-order chi connectivity index (χ1) is 9.54. The van der Waals surface area contributed by atoms with Crippen molar-refractivity contribution in [2.75, 3.05) is 0 Å². The van der Waals surface area contributed by atoms with Crippen molar-refractivity contribution in [1.82, 2.24) is 10.2 Å². The minimum Gasteiger partial charge on any atom is -0.414 e. The molecule has 116 valence electrons. The number of hydrogen-bond donors (Lipinski definition) is 1. The van der Waals surface area contributed by atoms with Gasteiger partial charge in [-0.15, -0.1) is 22.6 Å². The normalized spacial score (nSPS) is 12.2. The molecule has 4 nitrogen and oxygen atoms in total. The Labute approximate surface area is 136 Å². The molecule has 0 aliphatic heterocycles. The number of nitrogens with two attached hydrogens (primary N) is 1. The Balaban J connectivity index is 0.00000220. The number of rotatable bonds is 6. The van der Waals surface area contributed by atoms with Gasteiger partial charge in [-0.05, 0) is 24.8 Å². The lowest BCUT2D eigenvalue weighted by atomic mass is 10.1. The monoisotopic (exact) mass is 327 g/mol. The Morgan fingerprint density at radius 3 is 2.48 bits per heavy atom. The lowest BCUT2D eigenvalue weighted by Gasteiger charge is -2.08. The summed E-state index contributed by atoms with van der Waals surface area (Å²) in [7, 11) is 0. The fourth-order valence-electron chi connectivity index (χ4n) is 1.87. The highest BCUT2D eigenvalue weighted by atomic mass is 35.5. The molecule has 0 unspecified atom stereocenters. The molecule has 21 heavy (non-hydrogen) atoms. The number of thioether (sulfide) groups is 1. The van der Waals surface area contributed by atoms with E-state index in [-0.39, 0.29) is 18.4 Å². The predicted molar refractivity (Wildman–Crippen MR) is 88.7 cm³/mol. The van der Waals surface area contributed by atoms with Gasteiger partial charge >= 0.3 is 0 Å². The molecule has 0 aliphatic carbocycles. The van der Waals surface area contributed by atoms with E-state index in [0.29, 0.717) is 17.0 Å². The van der Waals surface area contributed by atoms with E-state index in [1.54, 1.807) is 11.8 Å². The van der Waals surface area contributed by atoms with Gasteiger partial charge in [0.25, 0.3) is 5.22 Å². The van der Waals surface area contributed by atoms with Crippen molar-refractivity contribution in [3.63, 3.8) is 0 Å². The molecule has 1 aromatic carbocycles. The van der Waals surface area contributed by atoms with Crippen molar-refractivity contribution in [3.8, 4) is 0 Å². The van der Waals surface area contributed by atoms with Gasteiger partial charge in [-0.1, -0.05) is 55.4 Å². The van der Waals surface area contributed by atoms with Gasteiger partial charge in [0.2, 0.25) is 5.89 Å². The number of halogens is 1. The summed E-state index contributed by atoms with van der Waals surface area (Å²) in [4.78, 5) is 0. The minimum atomic E-state index is -0.170. The Kier molecular flexibility index (Phi) is 7.22. The molecule has 2 N–H and O–H groups in total. The first-order valence-electron chi connectivity index (χ1n) is 6.82. The van der Waals surface area contributed by atoms with Crippen molar-refractivity contribution in [1.29, 1.82) is 0 Å². The average molecular weight is 328 g/mol. The van der Waals surface area contributed by atoms with Crippen molar-refractivity contribution >= 4 is 24.2 Å². The van der Waals surface area contributed by atoms with Gasteiger partial charge in [0, 0.05) is 5.75 Å². The Morgan fingerprint density at radius 2 is 1.86 bits per heavy atom. The maximum Gasteiger partial charge on any atom is 0.276 e. The number of aromatic nitrogens is 2. The standard InChI is InChI=1S/C15H21N3OS.ClH/c1-10(2)8-13(16)14-17-18-15(19-14)20-9-12-6-4-11(3)5-7-12;/h4-7,10,13H,8-9,16H2,1-3H3;1H/t13-;/m0./s1. The van der Waals surface area contributed by atoms with Crippen LogP contribution in [-0.4, -0.2) is 10.2 Å². The topological polar surface area (TPSA) is 64.9 Å². The van der Waals surface area contributed by atoms with Crippen LogP contribution in [0.3, 0.4) is 0 Å². The van der Waals surface area contributed by atoms with Crippen LogP contribution in [0.2, 0.25) is 0 Å². The van der Waals surface area contributed by atoms with Gasteiger partial charge in [0.1, 0.15) is 0 Å². The molecule has 0 spiro atoms. The zero-order valence-electron chi connectivity index (χ0n) is 12.6. The third kappa shape index (κ3) is 5.69. The molecule has 0 fully saturated rings. The molecule has 0 aliphatic rings. The van der Waals surface area contributed by atoms with Crippen LogP contribution >= 0.6 is 24.2 Å². The van der Waals surface area contributed by atoms with Crippen LogP contribution in [0.25, 0.3) is 0 Å². The second kappa shape index (κ2) is 8.41. The second-order valence-electron chi connectivity index (χ2n) is 5.42. The molecule has 0 bridgehead atoms. The summed E-state index contributed by atoms with van der Waals surface area (Å²) in [6, 6.07) is 8.27. The molecule has 1 heterocycles. The van der Waals surface area contributed by atoms with Gasteiger partial charge in [-0.2, -0.15) is 0 Å². The number of nitrogens with zero attached hydrogens (tertiary/aromatic N) is 2. The van der Waals surface area contributed by atoms with Crippen molar-refractivity contribution in [2.24, 2.45) is 11.7 Å². The Morgan fingerprint density at radius 1 is 1.19 bits per heavy atom. The molecular formula is C15H22ClN3OS. The van der Waals surface area contributed by atoms with Gasteiger partial charge in [0.05, 0.1) is 6.04 Å². The van der Waals surface area contributed by atoms with Crippen LogP contribution in [0.4, 0.5) is 0 Å². The molecule has 6 heteroatoms. The van der Waals surface area contributed by atoms with Crippen molar-refractivity contribution in [2.45, 2.75) is 44.2 Å². The van der Waals surface area contributed by atoms with Crippen molar-refractivity contribution < 1.29 is 4.42 Å². The Bertz CT molecular complexity index is 542. The summed E-state index contributed by atoms with van der Waals surface area (Å²) in [5.74, 6) is 1.87. The molecule has 0 saturated carbocycles. The van der Waals surface area contributed by atoms with Gasteiger partial charge in [-0.25, -0.2) is 0 Å². The Hall–Kier alpha value is -1.04. The fourth-order valence-corrected chi connectivity index (χ4v) is 2.59. The SMILES string of the molecule is Cc1ccc(CSc2nnc([C@@H](N)CC(C)C)o2)cc1.Cl. The lowest BCUT2D eigenvalue weighted by molar-refractivity contribution is 0.361. The minimum absolute atomic E-state index is 0. The smallest absolute Gasteiger partial charge is 0.276 e. The quantitative estimate of drug-likeness (QED) is 0.808. The van der Waals surface area contributed by atoms with E-state index < -0.39 is 0 Å². The van der Waals surface area contributed by atoms with Crippen LogP contribution in [0.15, 0.2) is 33.9 Å². The van der Waals surface area contributed by atoms with Crippen LogP contribution in [0.1, 0.15) is 43.3 Å². The fraction of sp³-hybridized carbons (Fsp3) is 0.467. The first kappa shape index (κ1) is 18.0. The summed E-state index contributed by atoms with van der Waals surface area (Å²) in [5.41, 5.74) is 8.53. The molecule has 0 amide bonds. The van der Waals surface area contributed by atoms with E-state index in [1.165, 1.54) is 11.1 Å². The zero-order valence-corrected chi connectivity index (χ0v) is 14.2. The van der Waals surface area contributed by atoms with Crippen molar-refractivity contribution in [3.05, 3.63) is 41.3 Å². The van der Waals surface area contributed by atoms with Crippen LogP contribution < -0.4 is 5.73 Å². The predicted octanol–water partition coefficient (Wildman–Crippen LogP) is 4.14. The molecule has 0 radical (unpaired) electrons. The molecule has 2 rings (SSSR count). The largest absolute Gasteiger partial charge is 0.414 e. The van der Waals surface area contributed by atoms with E-state index in [0.717, 1.165) is 12.2 Å². The second-order valence-corrected chi connectivity index (χ2v) is 6.34. The number of hydrogen-bond acceptors (Lipinski definition) is 5. The van der Waals surface area contributed by atoms with E-state index in [2.05, 4.69) is 55.2 Å². The van der Waals surface area contributed by atoms with Crippen LogP contribution in [-0.2, 0) is 5.75 Å². The number of benzene rings is 1. The summed E-state index contributed by atoms with van der Waals surface area (Å²) >= 11 is 1.54. The van der Waals surface area contributed by atoms with E-state index in [4.69, 9.17) is 10.2 Å². The third-order valence-electron chi connectivity index (χ3n) is 2.95. The van der Waals surface area contributed by atoms with Gasteiger partial charge < -0.3 is 10.2 Å². The molecular weight excluding hydrogens is 306 g/mol. The zero-order chi connectivity index (χ0) is 14.5. The summed E-state index contributed by atoms with van der Waals surface area (Å²) in [6.45, 7) is 6.34. The summed E-state index contributed by atoms with van der Waals surface area (Å²) in [6.07, 6.45) is 0.851. The molecule has 2 aromatic rings. The molecule has 1 atom stereocenters. The van der Waals surface area contributed by atoms with E-state index in [9.17, 15) is 0 Å². The summed E-state index contributed by atoms with van der Waals surface area (Å²) in [5, 5.41) is 8.66. The summed E-state index contributed by atoms with van der Waals surface area (Å²) < 4.78 is 5.61. The first-order valence-corrected chi connectivity index (χ1v) is 7.80. The maximum atomic E-state index is 6.03. The number of aryl methyl sites for hydroxylation is 1. The highest BCUT2D eigenvalue weighted by Crippen LogP contribution is 2.24. The van der Waals surface area contributed by atoms with Crippen LogP contribution in [0, 0.1) is 12.8 Å². The average Bonchev–Trinajstić information content (AvgIpc) is 2.86. The molecule has 1 aromatic heterocycles. The van der Waals surface area contributed by atoms with E-state index >= 15 is 0 Å². The lowest BCUT2D eigenvalue weighted by Crippen LogP contribution is -2.13.